The number of thiophene rings is 1. The number of hydrogen-bond donors (Lipinski definition) is 4. The Labute approximate surface area is 201 Å². The first-order valence-electron chi connectivity index (χ1n) is 10.9. The largest absolute Gasteiger partial charge is 0.479 e. The summed E-state index contributed by atoms with van der Waals surface area (Å²) >= 11 is 1.58. The van der Waals surface area contributed by atoms with E-state index in [0.29, 0.717) is 12.1 Å². The Balaban J connectivity index is 1.48. The minimum Gasteiger partial charge on any atom is -0.479 e. The van der Waals surface area contributed by atoms with Crippen LogP contribution in [0, 0.1) is 6.92 Å². The molecule has 7 nitrogen and oxygen atoms in total. The van der Waals surface area contributed by atoms with Crippen LogP contribution in [0.15, 0.2) is 72.8 Å². The number of rotatable bonds is 9. The number of benzene rings is 2. The van der Waals surface area contributed by atoms with E-state index >= 15 is 0 Å². The predicted molar refractivity (Wildman–Crippen MR) is 132 cm³/mol. The summed E-state index contributed by atoms with van der Waals surface area (Å²) in [5.41, 5.74) is 4.01. The Hall–Kier alpha value is -3.75. The Morgan fingerprint density at radius 3 is 2.38 bits per heavy atom. The number of amides is 1. The average molecular weight is 476 g/mol. The van der Waals surface area contributed by atoms with Crippen LogP contribution >= 0.6 is 11.3 Å². The molecule has 0 saturated carbocycles. The summed E-state index contributed by atoms with van der Waals surface area (Å²) < 4.78 is 0. The molecule has 2 aromatic heterocycles. The fourth-order valence-corrected chi connectivity index (χ4v) is 4.54. The van der Waals surface area contributed by atoms with E-state index in [9.17, 15) is 14.7 Å². The Morgan fingerprint density at radius 2 is 1.74 bits per heavy atom. The van der Waals surface area contributed by atoms with Crippen molar-refractivity contribution < 1.29 is 19.8 Å². The zero-order valence-corrected chi connectivity index (χ0v) is 19.4. The van der Waals surface area contributed by atoms with Gasteiger partial charge in [-0.1, -0.05) is 54.6 Å². The summed E-state index contributed by atoms with van der Waals surface area (Å²) in [4.78, 5) is 26.2. The molecule has 174 valence electrons. The van der Waals surface area contributed by atoms with Crippen LogP contribution in [0.3, 0.4) is 0 Å². The van der Waals surface area contributed by atoms with Crippen LogP contribution in [0.5, 0.6) is 0 Å². The van der Waals surface area contributed by atoms with Crippen LogP contribution in [-0.4, -0.2) is 44.4 Å². The monoisotopic (exact) mass is 475 g/mol. The van der Waals surface area contributed by atoms with Gasteiger partial charge in [0.25, 0.3) is 5.91 Å². The molecule has 0 aliphatic heterocycles. The fraction of sp³-hybridized carbons (Fsp3) is 0.192. The van der Waals surface area contributed by atoms with Gasteiger partial charge in [0.2, 0.25) is 0 Å². The molecule has 0 aliphatic rings. The lowest BCUT2D eigenvalue weighted by atomic mass is 9.97. The lowest BCUT2D eigenvalue weighted by Gasteiger charge is -2.20. The molecule has 2 atom stereocenters. The molecule has 2 heterocycles. The highest BCUT2D eigenvalue weighted by molar-refractivity contribution is 7.15. The standard InChI is InChI=1S/C26H25N3O4S/c1-16-7-12-24(34-16)21-15-22(29-28-21)25(31)27-20(14-23(30)26(32)33)13-17-8-10-19(11-9-17)18-5-3-2-4-6-18/h2-12,15,20,23,30H,13-14H2,1H3,(H,27,31)(H,28,29)(H,32,33). The number of carboxylic acids is 1. The van der Waals surface area contributed by atoms with Gasteiger partial charge in [-0.15, -0.1) is 11.3 Å². The lowest BCUT2D eigenvalue weighted by Crippen LogP contribution is -2.40. The molecular formula is C26H25N3O4S. The van der Waals surface area contributed by atoms with Crippen LogP contribution < -0.4 is 5.32 Å². The minimum absolute atomic E-state index is 0.118. The smallest absolute Gasteiger partial charge is 0.332 e. The van der Waals surface area contributed by atoms with Crippen molar-refractivity contribution in [1.82, 2.24) is 15.5 Å². The maximum Gasteiger partial charge on any atom is 0.332 e. The molecule has 0 fully saturated rings. The van der Waals surface area contributed by atoms with Crippen LogP contribution in [0.1, 0.15) is 27.3 Å². The number of aryl methyl sites for hydroxylation is 1. The highest BCUT2D eigenvalue weighted by atomic mass is 32.1. The first kappa shape index (κ1) is 23.4. The van der Waals surface area contributed by atoms with E-state index in [-0.39, 0.29) is 12.1 Å². The van der Waals surface area contributed by atoms with Crippen molar-refractivity contribution in [2.24, 2.45) is 0 Å². The molecular weight excluding hydrogens is 450 g/mol. The summed E-state index contributed by atoms with van der Waals surface area (Å²) in [5, 5.41) is 28.9. The summed E-state index contributed by atoms with van der Waals surface area (Å²) in [6.07, 6.45) is -1.33. The zero-order chi connectivity index (χ0) is 24.1. The normalized spacial score (nSPS) is 12.8. The second-order valence-electron chi connectivity index (χ2n) is 8.10. The summed E-state index contributed by atoms with van der Waals surface area (Å²) in [7, 11) is 0. The predicted octanol–water partition coefficient (Wildman–Crippen LogP) is 4.29. The molecule has 0 radical (unpaired) electrons. The van der Waals surface area contributed by atoms with E-state index < -0.39 is 24.0 Å². The Morgan fingerprint density at radius 1 is 1.03 bits per heavy atom. The van der Waals surface area contributed by atoms with Crippen molar-refractivity contribution in [2.75, 3.05) is 0 Å². The minimum atomic E-state index is -1.58. The van der Waals surface area contributed by atoms with E-state index in [0.717, 1.165) is 26.4 Å². The maximum atomic E-state index is 12.9. The number of aromatic amines is 1. The van der Waals surface area contributed by atoms with Gasteiger partial charge >= 0.3 is 5.97 Å². The van der Waals surface area contributed by atoms with Crippen molar-refractivity contribution >= 4 is 23.2 Å². The van der Waals surface area contributed by atoms with Crippen LogP contribution in [0.4, 0.5) is 0 Å². The van der Waals surface area contributed by atoms with Crippen LogP contribution in [-0.2, 0) is 11.2 Å². The molecule has 0 bridgehead atoms. The summed E-state index contributed by atoms with van der Waals surface area (Å²) in [5.74, 6) is -1.73. The van der Waals surface area contributed by atoms with E-state index in [1.165, 1.54) is 0 Å². The molecule has 8 heteroatoms. The number of carbonyl (C=O) groups excluding carboxylic acids is 1. The molecule has 2 unspecified atom stereocenters. The van der Waals surface area contributed by atoms with Gasteiger partial charge < -0.3 is 15.5 Å². The second-order valence-corrected chi connectivity index (χ2v) is 9.39. The SMILES string of the molecule is Cc1ccc(-c2cc(C(=O)NC(Cc3ccc(-c4ccccc4)cc3)CC(O)C(=O)O)[nH]n2)s1. The van der Waals surface area contributed by atoms with Gasteiger partial charge in [0.05, 0.1) is 4.88 Å². The molecule has 0 spiro atoms. The number of carbonyl (C=O) groups is 2. The second kappa shape index (κ2) is 10.5. The highest BCUT2D eigenvalue weighted by Crippen LogP contribution is 2.26. The maximum absolute atomic E-state index is 12.9. The number of carboxylic acid groups (broad SMARTS) is 1. The van der Waals surface area contributed by atoms with E-state index in [4.69, 9.17) is 5.11 Å². The highest BCUT2D eigenvalue weighted by Gasteiger charge is 2.23. The van der Waals surface area contributed by atoms with Gasteiger partial charge in [0.15, 0.2) is 6.10 Å². The first-order valence-corrected chi connectivity index (χ1v) is 11.7. The van der Waals surface area contributed by atoms with E-state index in [2.05, 4.69) is 15.5 Å². The van der Waals surface area contributed by atoms with Gasteiger partial charge in [0.1, 0.15) is 11.4 Å². The molecule has 2 aromatic carbocycles. The van der Waals surface area contributed by atoms with Crippen molar-refractivity contribution in [2.45, 2.75) is 31.9 Å². The zero-order valence-electron chi connectivity index (χ0n) is 18.6. The number of hydrogen-bond acceptors (Lipinski definition) is 5. The average Bonchev–Trinajstić information content (AvgIpc) is 3.49. The molecule has 34 heavy (non-hydrogen) atoms. The van der Waals surface area contributed by atoms with Gasteiger partial charge in [-0.3, -0.25) is 9.89 Å². The van der Waals surface area contributed by atoms with Crippen molar-refractivity contribution in [1.29, 1.82) is 0 Å². The van der Waals surface area contributed by atoms with Gasteiger partial charge in [-0.25, -0.2) is 4.79 Å². The van der Waals surface area contributed by atoms with E-state index in [1.807, 2.05) is 73.7 Å². The van der Waals surface area contributed by atoms with Crippen molar-refractivity contribution in [3.63, 3.8) is 0 Å². The number of aliphatic hydroxyl groups excluding tert-OH is 1. The molecule has 0 aliphatic carbocycles. The van der Waals surface area contributed by atoms with E-state index in [1.54, 1.807) is 17.4 Å². The number of aromatic nitrogens is 2. The number of nitrogens with one attached hydrogen (secondary N) is 2. The summed E-state index contributed by atoms with van der Waals surface area (Å²) in [6.45, 7) is 2.00. The molecule has 4 aromatic rings. The molecule has 4 N–H and O–H groups in total. The number of aliphatic carboxylic acids is 1. The van der Waals surface area contributed by atoms with Gasteiger partial charge in [-0.2, -0.15) is 5.10 Å². The number of nitrogens with zero attached hydrogens (tertiary/aromatic N) is 1. The van der Waals surface area contributed by atoms with Crippen LogP contribution in [0.25, 0.3) is 21.7 Å². The lowest BCUT2D eigenvalue weighted by molar-refractivity contribution is -0.147. The third-order valence-electron chi connectivity index (χ3n) is 5.49. The first-order chi connectivity index (χ1) is 16.4. The Kier molecular flexibility index (Phi) is 7.20. The quantitative estimate of drug-likeness (QED) is 0.288. The van der Waals surface area contributed by atoms with Crippen LogP contribution in [0.2, 0.25) is 0 Å². The van der Waals surface area contributed by atoms with Gasteiger partial charge in [-0.05, 0) is 48.2 Å². The number of H-pyrrole nitrogens is 1. The summed E-state index contributed by atoms with van der Waals surface area (Å²) in [6, 6.07) is 22.8. The molecule has 1 amide bonds. The fourth-order valence-electron chi connectivity index (χ4n) is 3.71. The third kappa shape index (κ3) is 5.78. The third-order valence-corrected chi connectivity index (χ3v) is 6.51. The van der Waals surface area contributed by atoms with Crippen molar-refractivity contribution in [3.8, 4) is 21.7 Å². The number of aliphatic hydroxyl groups is 1. The topological polar surface area (TPSA) is 115 Å². The molecule has 4 rings (SSSR count). The van der Waals surface area contributed by atoms with Crippen molar-refractivity contribution in [3.05, 3.63) is 88.9 Å². The molecule has 0 saturated heterocycles. The van der Waals surface area contributed by atoms with Gasteiger partial charge in [0, 0.05) is 17.3 Å². The Bertz CT molecular complexity index is 1260.